The second-order valence-corrected chi connectivity index (χ2v) is 4.93. The van der Waals surface area contributed by atoms with Crippen LogP contribution in [0.3, 0.4) is 0 Å². The maximum atomic E-state index is 6.10. The van der Waals surface area contributed by atoms with Crippen molar-refractivity contribution in [2.24, 2.45) is 0 Å². The molecule has 0 fully saturated rings. The van der Waals surface area contributed by atoms with Crippen molar-refractivity contribution in [1.29, 1.82) is 0 Å². The number of aromatic nitrogens is 2. The monoisotopic (exact) mass is 273 g/mol. The van der Waals surface area contributed by atoms with Crippen molar-refractivity contribution < 1.29 is 9.47 Å². The molecule has 6 heteroatoms. The van der Waals surface area contributed by atoms with Gasteiger partial charge < -0.3 is 14.4 Å². The first-order valence-corrected chi connectivity index (χ1v) is 6.29. The lowest BCUT2D eigenvalue weighted by atomic mass is 10.4. The fourth-order valence-electron chi connectivity index (χ4n) is 1.44. The molecule has 102 valence electrons. The predicted octanol–water partition coefficient (Wildman–Crippen LogP) is 1.95. The van der Waals surface area contributed by atoms with Gasteiger partial charge in [0.05, 0.1) is 30.5 Å². The molecule has 0 N–H and O–H groups in total. The van der Waals surface area contributed by atoms with Gasteiger partial charge in [0, 0.05) is 20.7 Å². The zero-order valence-corrected chi connectivity index (χ0v) is 12.0. The van der Waals surface area contributed by atoms with Crippen LogP contribution >= 0.6 is 11.6 Å². The molecular weight excluding hydrogens is 254 g/mol. The van der Waals surface area contributed by atoms with Crippen LogP contribution < -0.4 is 9.64 Å². The van der Waals surface area contributed by atoms with E-state index in [2.05, 4.69) is 9.97 Å². The molecule has 1 aromatic heterocycles. The second-order valence-electron chi connectivity index (χ2n) is 4.32. The van der Waals surface area contributed by atoms with Crippen LogP contribution in [0.1, 0.15) is 13.8 Å². The third-order valence-electron chi connectivity index (χ3n) is 2.17. The van der Waals surface area contributed by atoms with Gasteiger partial charge in [-0.15, -0.1) is 11.6 Å². The lowest BCUT2D eigenvalue weighted by molar-refractivity contribution is 0.199. The van der Waals surface area contributed by atoms with E-state index in [-0.39, 0.29) is 11.5 Å². The number of methoxy groups -OCH3 is 1. The van der Waals surface area contributed by atoms with Gasteiger partial charge in [-0.1, -0.05) is 0 Å². The average molecular weight is 274 g/mol. The van der Waals surface area contributed by atoms with Crippen molar-refractivity contribution in [3.63, 3.8) is 0 Å². The molecule has 5 nitrogen and oxygen atoms in total. The molecule has 1 heterocycles. The summed E-state index contributed by atoms with van der Waals surface area (Å²) in [5.41, 5.74) is 0. The minimum Gasteiger partial charge on any atom is -0.474 e. The highest BCUT2D eigenvalue weighted by atomic mass is 35.5. The zero-order chi connectivity index (χ0) is 13.5. The van der Waals surface area contributed by atoms with Crippen LogP contribution in [0.4, 0.5) is 5.82 Å². The molecule has 0 aliphatic rings. The minimum absolute atomic E-state index is 0.0779. The molecule has 18 heavy (non-hydrogen) atoms. The maximum Gasteiger partial charge on any atom is 0.234 e. The summed E-state index contributed by atoms with van der Waals surface area (Å²) in [6, 6.07) is 0. The standard InChI is InChI=1S/C12H20ClN3O2/c1-9(2)18-12-6-14-5-11(15-12)16(3)7-10(13)8-17-4/h5-6,9-10H,7-8H2,1-4H3. The van der Waals surface area contributed by atoms with E-state index in [9.17, 15) is 0 Å². The number of nitrogens with zero attached hydrogens (tertiary/aromatic N) is 3. The van der Waals surface area contributed by atoms with Gasteiger partial charge in [0.25, 0.3) is 0 Å². The molecule has 0 bridgehead atoms. The summed E-state index contributed by atoms with van der Waals surface area (Å²) in [5.74, 6) is 1.25. The Kier molecular flexibility index (Phi) is 6.15. The van der Waals surface area contributed by atoms with Crippen LogP contribution in [-0.2, 0) is 4.74 Å². The van der Waals surface area contributed by atoms with E-state index >= 15 is 0 Å². The summed E-state index contributed by atoms with van der Waals surface area (Å²) in [7, 11) is 3.54. The van der Waals surface area contributed by atoms with E-state index in [0.29, 0.717) is 19.0 Å². The number of rotatable bonds is 7. The Morgan fingerprint density at radius 1 is 1.39 bits per heavy atom. The predicted molar refractivity (Wildman–Crippen MR) is 72.6 cm³/mol. The summed E-state index contributed by atoms with van der Waals surface area (Å²) in [6.07, 6.45) is 3.36. The molecule has 0 aliphatic heterocycles. The van der Waals surface area contributed by atoms with Gasteiger partial charge in [0.15, 0.2) is 5.82 Å². The van der Waals surface area contributed by atoms with Crippen molar-refractivity contribution in [1.82, 2.24) is 9.97 Å². The molecule has 0 saturated carbocycles. The summed E-state index contributed by atoms with van der Waals surface area (Å²) < 4.78 is 10.5. The summed E-state index contributed by atoms with van der Waals surface area (Å²) in [5, 5.41) is -0.0866. The Labute approximate surface area is 113 Å². The molecule has 1 aromatic rings. The van der Waals surface area contributed by atoms with E-state index in [0.717, 1.165) is 5.82 Å². The summed E-state index contributed by atoms with van der Waals surface area (Å²) >= 11 is 6.10. The topological polar surface area (TPSA) is 47.5 Å². The first-order chi connectivity index (χ1) is 8.52. The van der Waals surface area contributed by atoms with Crippen LogP contribution in [0.25, 0.3) is 0 Å². The normalized spacial score (nSPS) is 12.6. The van der Waals surface area contributed by atoms with Gasteiger partial charge >= 0.3 is 0 Å². The third-order valence-corrected chi connectivity index (χ3v) is 2.43. The maximum absolute atomic E-state index is 6.10. The molecule has 0 radical (unpaired) electrons. The largest absolute Gasteiger partial charge is 0.474 e. The van der Waals surface area contributed by atoms with Crippen molar-refractivity contribution in [2.45, 2.75) is 25.3 Å². The molecule has 1 rings (SSSR count). The third kappa shape index (κ3) is 5.06. The molecule has 0 aliphatic carbocycles. The lowest BCUT2D eigenvalue weighted by Gasteiger charge is -2.21. The number of anilines is 1. The number of ether oxygens (including phenoxy) is 2. The van der Waals surface area contributed by atoms with E-state index in [1.807, 2.05) is 25.8 Å². The Morgan fingerprint density at radius 3 is 2.72 bits per heavy atom. The van der Waals surface area contributed by atoms with Crippen LogP contribution in [0.5, 0.6) is 5.88 Å². The Bertz CT molecular complexity index is 363. The van der Waals surface area contributed by atoms with Gasteiger partial charge in [-0.2, -0.15) is 4.98 Å². The van der Waals surface area contributed by atoms with Gasteiger partial charge in [-0.05, 0) is 13.8 Å². The van der Waals surface area contributed by atoms with Crippen molar-refractivity contribution in [2.75, 3.05) is 32.2 Å². The van der Waals surface area contributed by atoms with Crippen LogP contribution in [-0.4, -0.2) is 48.8 Å². The zero-order valence-electron chi connectivity index (χ0n) is 11.3. The van der Waals surface area contributed by atoms with Crippen LogP contribution in [0, 0.1) is 0 Å². The Morgan fingerprint density at radius 2 is 2.11 bits per heavy atom. The second kappa shape index (κ2) is 7.38. The summed E-state index contributed by atoms with van der Waals surface area (Å²) in [4.78, 5) is 10.4. The lowest BCUT2D eigenvalue weighted by Crippen LogP contribution is -2.29. The molecule has 1 unspecified atom stereocenters. The first-order valence-electron chi connectivity index (χ1n) is 5.85. The minimum atomic E-state index is -0.0866. The molecule has 0 amide bonds. The van der Waals surface area contributed by atoms with Crippen LogP contribution in [0.2, 0.25) is 0 Å². The van der Waals surface area contributed by atoms with Crippen molar-refractivity contribution in [3.05, 3.63) is 12.4 Å². The molecule has 1 atom stereocenters. The number of alkyl halides is 1. The molecular formula is C12H20ClN3O2. The SMILES string of the molecule is COCC(Cl)CN(C)c1cncc(OC(C)C)n1. The van der Waals surface area contributed by atoms with E-state index in [1.54, 1.807) is 19.5 Å². The van der Waals surface area contributed by atoms with Gasteiger partial charge in [-0.25, -0.2) is 0 Å². The highest BCUT2D eigenvalue weighted by Gasteiger charge is 2.11. The van der Waals surface area contributed by atoms with E-state index in [1.165, 1.54) is 0 Å². The van der Waals surface area contributed by atoms with Gasteiger partial charge in [0.2, 0.25) is 5.88 Å². The number of halogens is 1. The van der Waals surface area contributed by atoms with Crippen molar-refractivity contribution in [3.8, 4) is 5.88 Å². The first kappa shape index (κ1) is 15.0. The molecule has 0 saturated heterocycles. The molecule has 0 spiro atoms. The van der Waals surface area contributed by atoms with Crippen molar-refractivity contribution >= 4 is 17.4 Å². The highest BCUT2D eigenvalue weighted by Crippen LogP contribution is 2.14. The quantitative estimate of drug-likeness (QED) is 0.711. The van der Waals surface area contributed by atoms with Gasteiger partial charge in [0.1, 0.15) is 0 Å². The Balaban J connectivity index is 2.64. The van der Waals surface area contributed by atoms with Gasteiger partial charge in [-0.3, -0.25) is 4.98 Å². The number of hydrogen-bond acceptors (Lipinski definition) is 5. The Hall–Kier alpha value is -1.07. The van der Waals surface area contributed by atoms with Crippen LogP contribution in [0.15, 0.2) is 12.4 Å². The summed E-state index contributed by atoms with van der Waals surface area (Å²) in [6.45, 7) is 5.04. The van der Waals surface area contributed by atoms with E-state index < -0.39 is 0 Å². The number of hydrogen-bond donors (Lipinski definition) is 0. The smallest absolute Gasteiger partial charge is 0.234 e. The van der Waals surface area contributed by atoms with E-state index in [4.69, 9.17) is 21.1 Å². The average Bonchev–Trinajstić information content (AvgIpc) is 2.28. The fourth-order valence-corrected chi connectivity index (χ4v) is 1.78. The highest BCUT2D eigenvalue weighted by molar-refractivity contribution is 6.21. The fraction of sp³-hybridized carbons (Fsp3) is 0.667. The molecule has 0 aromatic carbocycles.